The first-order chi connectivity index (χ1) is 14.0. The number of nitrogens with zero attached hydrogens (tertiary/aromatic N) is 2. The number of hydrogen-bond donors (Lipinski definition) is 1. The third-order valence-electron chi connectivity index (χ3n) is 4.56. The molecule has 152 valence electrons. The molecule has 0 aliphatic heterocycles. The molecule has 1 aromatic heterocycles. The van der Waals surface area contributed by atoms with Crippen LogP contribution in [-0.4, -0.2) is 30.3 Å². The minimum Gasteiger partial charge on any atom is -0.493 e. The van der Waals surface area contributed by atoms with Crippen molar-refractivity contribution >= 4 is 11.6 Å². The number of carbonyl (C=O) groups is 1. The largest absolute Gasteiger partial charge is 0.493 e. The summed E-state index contributed by atoms with van der Waals surface area (Å²) < 4.78 is 15.9. The number of hydrogen-bond acceptors (Lipinski definition) is 6. The SMILES string of the molecule is COc1ccc(-c2noc(CCCC(=O)Nc3ccc(C)cc3C)n2)cc1OC. The lowest BCUT2D eigenvalue weighted by Crippen LogP contribution is -2.12. The Bertz CT molecular complexity index is 997. The lowest BCUT2D eigenvalue weighted by Gasteiger charge is -2.08. The number of aromatic nitrogens is 2. The van der Waals surface area contributed by atoms with E-state index >= 15 is 0 Å². The first-order valence-corrected chi connectivity index (χ1v) is 9.42. The van der Waals surface area contributed by atoms with Crippen molar-refractivity contribution < 1.29 is 18.8 Å². The van der Waals surface area contributed by atoms with Gasteiger partial charge in [-0.15, -0.1) is 0 Å². The number of ether oxygens (including phenoxy) is 2. The first kappa shape index (κ1) is 20.4. The molecule has 0 atom stereocenters. The maximum Gasteiger partial charge on any atom is 0.226 e. The number of anilines is 1. The van der Waals surface area contributed by atoms with Gasteiger partial charge in [0.15, 0.2) is 11.5 Å². The van der Waals surface area contributed by atoms with Gasteiger partial charge in [0.1, 0.15) is 0 Å². The number of methoxy groups -OCH3 is 2. The van der Waals surface area contributed by atoms with Crippen LogP contribution < -0.4 is 14.8 Å². The molecule has 0 saturated heterocycles. The molecule has 7 heteroatoms. The number of amides is 1. The van der Waals surface area contributed by atoms with Crippen LogP contribution in [0.3, 0.4) is 0 Å². The van der Waals surface area contributed by atoms with Gasteiger partial charge in [-0.2, -0.15) is 4.98 Å². The van der Waals surface area contributed by atoms with E-state index in [-0.39, 0.29) is 5.91 Å². The average Bonchev–Trinajstić information content (AvgIpc) is 3.18. The Hall–Kier alpha value is -3.35. The van der Waals surface area contributed by atoms with Gasteiger partial charge in [0, 0.05) is 24.1 Å². The molecule has 0 aliphatic carbocycles. The van der Waals surface area contributed by atoms with Crippen LogP contribution in [0.15, 0.2) is 40.9 Å². The molecule has 2 aromatic carbocycles. The van der Waals surface area contributed by atoms with Crippen molar-refractivity contribution in [2.24, 2.45) is 0 Å². The second kappa shape index (κ2) is 9.23. The lowest BCUT2D eigenvalue weighted by atomic mass is 10.1. The fourth-order valence-electron chi connectivity index (χ4n) is 3.02. The summed E-state index contributed by atoms with van der Waals surface area (Å²) in [5, 5.41) is 6.97. The van der Waals surface area contributed by atoms with E-state index in [4.69, 9.17) is 14.0 Å². The lowest BCUT2D eigenvalue weighted by molar-refractivity contribution is -0.116. The van der Waals surface area contributed by atoms with Crippen LogP contribution >= 0.6 is 0 Å². The Labute approximate surface area is 170 Å². The Morgan fingerprint density at radius 3 is 2.59 bits per heavy atom. The van der Waals surface area contributed by atoms with Crippen LogP contribution in [0.2, 0.25) is 0 Å². The number of nitrogens with one attached hydrogen (secondary N) is 1. The van der Waals surface area contributed by atoms with Gasteiger partial charge in [-0.05, 0) is 50.1 Å². The fourth-order valence-corrected chi connectivity index (χ4v) is 3.02. The Kier molecular flexibility index (Phi) is 6.49. The van der Waals surface area contributed by atoms with Gasteiger partial charge in [0.05, 0.1) is 14.2 Å². The molecule has 3 rings (SSSR count). The van der Waals surface area contributed by atoms with Crippen molar-refractivity contribution in [3.05, 3.63) is 53.4 Å². The maximum absolute atomic E-state index is 12.2. The molecule has 0 unspecified atom stereocenters. The summed E-state index contributed by atoms with van der Waals surface area (Å²) in [7, 11) is 3.16. The number of carbonyl (C=O) groups excluding carboxylic acids is 1. The Morgan fingerprint density at radius 2 is 1.86 bits per heavy atom. The number of benzene rings is 2. The molecule has 0 fully saturated rings. The quantitative estimate of drug-likeness (QED) is 0.611. The van der Waals surface area contributed by atoms with Gasteiger partial charge < -0.3 is 19.3 Å². The van der Waals surface area contributed by atoms with E-state index in [0.29, 0.717) is 42.5 Å². The monoisotopic (exact) mass is 395 g/mol. The zero-order valence-corrected chi connectivity index (χ0v) is 17.1. The van der Waals surface area contributed by atoms with Crippen molar-refractivity contribution in [2.45, 2.75) is 33.1 Å². The molecule has 7 nitrogen and oxygen atoms in total. The highest BCUT2D eigenvalue weighted by Gasteiger charge is 2.13. The van der Waals surface area contributed by atoms with Gasteiger partial charge in [0.2, 0.25) is 17.6 Å². The van der Waals surface area contributed by atoms with Crippen molar-refractivity contribution in [3.63, 3.8) is 0 Å². The summed E-state index contributed by atoms with van der Waals surface area (Å²) in [5.74, 6) is 2.17. The first-order valence-electron chi connectivity index (χ1n) is 9.42. The molecule has 0 spiro atoms. The third-order valence-corrected chi connectivity index (χ3v) is 4.56. The van der Waals surface area contributed by atoms with Crippen LogP contribution in [0.5, 0.6) is 11.5 Å². The van der Waals surface area contributed by atoms with E-state index in [0.717, 1.165) is 16.8 Å². The molecule has 3 aromatic rings. The highest BCUT2D eigenvalue weighted by molar-refractivity contribution is 5.91. The van der Waals surface area contributed by atoms with Crippen LogP contribution in [-0.2, 0) is 11.2 Å². The minimum absolute atomic E-state index is 0.0309. The molecule has 1 amide bonds. The molecular formula is C22H25N3O4. The summed E-state index contributed by atoms with van der Waals surface area (Å²) >= 11 is 0. The van der Waals surface area contributed by atoms with Crippen molar-refractivity contribution in [1.29, 1.82) is 0 Å². The normalized spacial score (nSPS) is 10.6. The van der Waals surface area contributed by atoms with E-state index in [2.05, 4.69) is 15.5 Å². The summed E-state index contributed by atoms with van der Waals surface area (Å²) in [6.45, 7) is 4.01. The predicted octanol–water partition coefficient (Wildman–Crippen LogP) is 4.33. The number of rotatable bonds is 8. The van der Waals surface area contributed by atoms with Gasteiger partial charge in [-0.1, -0.05) is 22.9 Å². The van der Waals surface area contributed by atoms with Gasteiger partial charge in [-0.3, -0.25) is 4.79 Å². The summed E-state index contributed by atoms with van der Waals surface area (Å²) in [6.07, 6.45) is 1.52. The van der Waals surface area contributed by atoms with E-state index in [9.17, 15) is 4.79 Å². The standard InChI is InChI=1S/C22H25N3O4/c1-14-8-10-17(15(2)12-14)23-20(26)6-5-7-21-24-22(25-29-21)16-9-11-18(27-3)19(13-16)28-4/h8-13H,5-7H2,1-4H3,(H,23,26). The second-order valence-corrected chi connectivity index (χ2v) is 6.80. The zero-order valence-electron chi connectivity index (χ0n) is 17.1. The molecule has 0 aliphatic rings. The van der Waals surface area contributed by atoms with E-state index in [1.807, 2.05) is 38.1 Å². The highest BCUT2D eigenvalue weighted by Crippen LogP contribution is 2.31. The van der Waals surface area contributed by atoms with E-state index in [1.54, 1.807) is 26.4 Å². The summed E-state index contributed by atoms with van der Waals surface area (Å²) in [4.78, 5) is 16.6. The van der Waals surface area contributed by atoms with Crippen molar-refractivity contribution in [1.82, 2.24) is 10.1 Å². The van der Waals surface area contributed by atoms with Gasteiger partial charge in [0.25, 0.3) is 0 Å². The van der Waals surface area contributed by atoms with Crippen LogP contribution in [0.4, 0.5) is 5.69 Å². The predicted molar refractivity (Wildman–Crippen MR) is 110 cm³/mol. The molecule has 0 saturated carbocycles. The van der Waals surface area contributed by atoms with Crippen LogP contribution in [0.1, 0.15) is 29.9 Å². The topological polar surface area (TPSA) is 86.5 Å². The van der Waals surface area contributed by atoms with Crippen LogP contribution in [0.25, 0.3) is 11.4 Å². The molecule has 0 radical (unpaired) electrons. The summed E-state index contributed by atoms with van der Waals surface area (Å²) in [6, 6.07) is 11.4. The molecule has 0 bridgehead atoms. The molecule has 1 heterocycles. The second-order valence-electron chi connectivity index (χ2n) is 6.80. The minimum atomic E-state index is -0.0309. The molecule has 29 heavy (non-hydrogen) atoms. The average molecular weight is 395 g/mol. The Morgan fingerprint density at radius 1 is 1.07 bits per heavy atom. The summed E-state index contributed by atoms with van der Waals surface area (Å²) in [5.41, 5.74) is 3.83. The molecule has 1 N–H and O–H groups in total. The van der Waals surface area contributed by atoms with Gasteiger partial charge in [-0.25, -0.2) is 0 Å². The third kappa shape index (κ3) is 5.13. The Balaban J connectivity index is 1.55. The maximum atomic E-state index is 12.2. The zero-order chi connectivity index (χ0) is 20.8. The van der Waals surface area contributed by atoms with E-state index < -0.39 is 0 Å². The van der Waals surface area contributed by atoms with Gasteiger partial charge >= 0.3 is 0 Å². The fraction of sp³-hybridized carbons (Fsp3) is 0.318. The smallest absolute Gasteiger partial charge is 0.226 e. The van der Waals surface area contributed by atoms with Crippen molar-refractivity contribution in [2.75, 3.05) is 19.5 Å². The van der Waals surface area contributed by atoms with Crippen LogP contribution in [0, 0.1) is 13.8 Å². The van der Waals surface area contributed by atoms with E-state index in [1.165, 1.54) is 5.56 Å². The van der Waals surface area contributed by atoms with Crippen molar-refractivity contribution in [3.8, 4) is 22.9 Å². The number of aryl methyl sites for hydroxylation is 3. The molecular weight excluding hydrogens is 370 g/mol. The highest BCUT2D eigenvalue weighted by atomic mass is 16.5.